The summed E-state index contributed by atoms with van der Waals surface area (Å²) in [5.41, 5.74) is 1.03. The van der Waals surface area contributed by atoms with E-state index in [1.807, 2.05) is 6.92 Å². The van der Waals surface area contributed by atoms with Gasteiger partial charge in [-0.15, -0.1) is 0 Å². The summed E-state index contributed by atoms with van der Waals surface area (Å²) in [6, 6.07) is 9.35. The molecule has 0 aliphatic rings. The first-order chi connectivity index (χ1) is 13.1. The molecule has 0 fully saturated rings. The van der Waals surface area contributed by atoms with Crippen LogP contribution in [0.5, 0.6) is 11.5 Å². The molecule has 2 rings (SSSR count). The Balaban J connectivity index is 2.24. The van der Waals surface area contributed by atoms with Crippen molar-refractivity contribution in [2.24, 2.45) is 0 Å². The normalized spacial score (nSPS) is 12.5. The lowest BCUT2D eigenvalue weighted by molar-refractivity contribution is -0.122. The Kier molecular flexibility index (Phi) is 6.92. The summed E-state index contributed by atoms with van der Waals surface area (Å²) in [7, 11) is 0.642. The maximum atomic E-state index is 12.6. The van der Waals surface area contributed by atoms with E-state index in [1.165, 1.54) is 39.4 Å². The summed E-state index contributed by atoms with van der Waals surface area (Å²) >= 11 is 5.93. The zero-order valence-corrected chi connectivity index (χ0v) is 17.9. The number of hydrogen-bond donors (Lipinski definition) is 1. The van der Waals surface area contributed by atoms with Gasteiger partial charge in [-0.25, -0.2) is 12.7 Å². The zero-order valence-electron chi connectivity index (χ0n) is 16.3. The van der Waals surface area contributed by atoms with E-state index >= 15 is 0 Å². The molecule has 1 amide bonds. The Morgan fingerprint density at radius 3 is 2.36 bits per heavy atom. The zero-order chi connectivity index (χ0) is 21.1. The number of benzene rings is 2. The first kappa shape index (κ1) is 22.0. The second-order valence-electron chi connectivity index (χ2n) is 6.31. The van der Waals surface area contributed by atoms with Gasteiger partial charge in [0.15, 0.2) is 6.10 Å². The number of amides is 1. The molecule has 0 aromatic heterocycles. The Labute approximate surface area is 170 Å². The van der Waals surface area contributed by atoms with E-state index in [4.69, 9.17) is 21.1 Å². The number of nitrogens with one attached hydrogen (secondary N) is 1. The minimum atomic E-state index is -3.66. The van der Waals surface area contributed by atoms with Gasteiger partial charge in [0.1, 0.15) is 11.5 Å². The number of carbonyl (C=O) groups excluding carboxylic acids is 1. The highest BCUT2D eigenvalue weighted by Crippen LogP contribution is 2.29. The van der Waals surface area contributed by atoms with Crippen molar-refractivity contribution in [2.45, 2.75) is 24.8 Å². The Bertz CT molecular complexity index is 976. The number of carbonyl (C=O) groups is 1. The minimum absolute atomic E-state index is 0.0377. The van der Waals surface area contributed by atoms with E-state index in [0.29, 0.717) is 16.5 Å². The number of ether oxygens (including phenoxy) is 2. The molecule has 0 spiro atoms. The van der Waals surface area contributed by atoms with Gasteiger partial charge in [0, 0.05) is 19.1 Å². The molecule has 7 nitrogen and oxygen atoms in total. The van der Waals surface area contributed by atoms with Crippen molar-refractivity contribution in [3.05, 3.63) is 47.0 Å². The van der Waals surface area contributed by atoms with Crippen molar-refractivity contribution in [1.29, 1.82) is 0 Å². The predicted molar refractivity (Wildman–Crippen MR) is 109 cm³/mol. The monoisotopic (exact) mass is 426 g/mol. The van der Waals surface area contributed by atoms with Crippen LogP contribution in [0.25, 0.3) is 0 Å². The first-order valence-corrected chi connectivity index (χ1v) is 10.2. The quantitative estimate of drug-likeness (QED) is 0.734. The van der Waals surface area contributed by atoms with Crippen molar-refractivity contribution in [2.75, 3.05) is 26.5 Å². The van der Waals surface area contributed by atoms with Crippen LogP contribution in [0.2, 0.25) is 5.02 Å². The maximum absolute atomic E-state index is 12.6. The molecular formula is C19H23ClN2O5S. The molecule has 0 bridgehead atoms. The molecule has 9 heteroatoms. The fourth-order valence-electron chi connectivity index (χ4n) is 2.38. The second-order valence-corrected chi connectivity index (χ2v) is 8.90. The maximum Gasteiger partial charge on any atom is 0.265 e. The molecule has 1 unspecified atom stereocenters. The number of hydrogen-bond acceptors (Lipinski definition) is 5. The van der Waals surface area contributed by atoms with Crippen LogP contribution < -0.4 is 14.8 Å². The number of anilines is 1. The van der Waals surface area contributed by atoms with E-state index < -0.39 is 22.0 Å². The molecule has 2 aromatic carbocycles. The van der Waals surface area contributed by atoms with Crippen LogP contribution in [-0.2, 0) is 14.8 Å². The number of aryl methyl sites for hydroxylation is 1. The van der Waals surface area contributed by atoms with Crippen LogP contribution in [-0.4, -0.2) is 45.9 Å². The standard InChI is InChI=1S/C19H23ClN2O5S/c1-12-10-14(20)6-8-17(12)27-13(2)19(23)21-16-11-15(7-9-18(16)26-5)28(24,25)22(3)4/h6-11,13H,1-5H3,(H,21,23). The SMILES string of the molecule is COc1ccc(S(=O)(=O)N(C)C)cc1NC(=O)C(C)Oc1ccc(Cl)cc1C. The Hall–Kier alpha value is -2.29. The summed E-state index contributed by atoms with van der Waals surface area (Å²) < 4.78 is 36.7. The molecule has 2 aromatic rings. The molecule has 0 heterocycles. The van der Waals surface area contributed by atoms with Crippen LogP contribution in [0.4, 0.5) is 5.69 Å². The summed E-state index contributed by atoms with van der Waals surface area (Å²) in [6.07, 6.45) is -0.835. The third-order valence-corrected chi connectivity index (χ3v) is 6.06. The fourth-order valence-corrected chi connectivity index (χ4v) is 3.53. The Morgan fingerprint density at radius 1 is 1.14 bits per heavy atom. The third-order valence-electron chi connectivity index (χ3n) is 4.02. The molecule has 1 atom stereocenters. The van der Waals surface area contributed by atoms with E-state index in [0.717, 1.165) is 9.87 Å². The minimum Gasteiger partial charge on any atom is -0.495 e. The van der Waals surface area contributed by atoms with Crippen LogP contribution in [0, 0.1) is 6.92 Å². The lowest BCUT2D eigenvalue weighted by Crippen LogP contribution is -2.30. The van der Waals surface area contributed by atoms with Gasteiger partial charge in [-0.2, -0.15) is 0 Å². The number of halogens is 1. The van der Waals surface area contributed by atoms with Crippen molar-refractivity contribution >= 4 is 33.2 Å². The molecule has 0 saturated heterocycles. The molecule has 0 radical (unpaired) electrons. The lowest BCUT2D eigenvalue weighted by atomic mass is 10.2. The van der Waals surface area contributed by atoms with Gasteiger partial charge < -0.3 is 14.8 Å². The van der Waals surface area contributed by atoms with Gasteiger partial charge in [0.05, 0.1) is 17.7 Å². The average Bonchev–Trinajstić information content (AvgIpc) is 2.63. The summed E-state index contributed by atoms with van der Waals surface area (Å²) in [6.45, 7) is 3.42. The third kappa shape index (κ3) is 4.95. The van der Waals surface area contributed by atoms with E-state index in [-0.39, 0.29) is 10.6 Å². The van der Waals surface area contributed by atoms with Crippen molar-refractivity contribution in [3.8, 4) is 11.5 Å². The highest BCUT2D eigenvalue weighted by Gasteiger charge is 2.22. The molecule has 152 valence electrons. The molecular weight excluding hydrogens is 404 g/mol. The smallest absolute Gasteiger partial charge is 0.265 e. The van der Waals surface area contributed by atoms with Crippen LogP contribution in [0.1, 0.15) is 12.5 Å². The summed E-state index contributed by atoms with van der Waals surface area (Å²) in [4.78, 5) is 12.6. The summed E-state index contributed by atoms with van der Waals surface area (Å²) in [5.74, 6) is 0.413. The summed E-state index contributed by atoms with van der Waals surface area (Å²) in [5, 5.41) is 3.24. The second kappa shape index (κ2) is 8.81. The van der Waals surface area contributed by atoms with Crippen LogP contribution in [0.15, 0.2) is 41.3 Å². The molecule has 0 aliphatic carbocycles. The number of rotatable bonds is 7. The Morgan fingerprint density at radius 2 is 1.79 bits per heavy atom. The van der Waals surface area contributed by atoms with Crippen molar-refractivity contribution < 1.29 is 22.7 Å². The van der Waals surface area contributed by atoms with Gasteiger partial charge in [-0.3, -0.25) is 4.79 Å². The number of nitrogens with zero attached hydrogens (tertiary/aromatic N) is 1. The van der Waals surface area contributed by atoms with E-state index in [1.54, 1.807) is 25.1 Å². The molecule has 0 saturated carbocycles. The van der Waals surface area contributed by atoms with Crippen molar-refractivity contribution in [1.82, 2.24) is 4.31 Å². The lowest BCUT2D eigenvalue weighted by Gasteiger charge is -2.18. The molecule has 28 heavy (non-hydrogen) atoms. The van der Waals surface area contributed by atoms with Gasteiger partial charge in [0.2, 0.25) is 10.0 Å². The number of methoxy groups -OCH3 is 1. The number of sulfonamides is 1. The predicted octanol–water partition coefficient (Wildman–Crippen LogP) is 3.31. The first-order valence-electron chi connectivity index (χ1n) is 8.40. The van der Waals surface area contributed by atoms with Gasteiger partial charge in [-0.05, 0) is 55.8 Å². The van der Waals surface area contributed by atoms with E-state index in [2.05, 4.69) is 5.32 Å². The topological polar surface area (TPSA) is 84.9 Å². The van der Waals surface area contributed by atoms with Crippen LogP contribution >= 0.6 is 11.6 Å². The fraction of sp³-hybridized carbons (Fsp3) is 0.316. The molecule has 1 N–H and O–H groups in total. The van der Waals surface area contributed by atoms with Gasteiger partial charge >= 0.3 is 0 Å². The van der Waals surface area contributed by atoms with Crippen LogP contribution in [0.3, 0.4) is 0 Å². The highest BCUT2D eigenvalue weighted by atomic mass is 35.5. The molecule has 0 aliphatic heterocycles. The highest BCUT2D eigenvalue weighted by molar-refractivity contribution is 7.89. The van der Waals surface area contributed by atoms with E-state index in [9.17, 15) is 13.2 Å². The van der Waals surface area contributed by atoms with Gasteiger partial charge in [-0.1, -0.05) is 11.6 Å². The largest absolute Gasteiger partial charge is 0.495 e. The van der Waals surface area contributed by atoms with Crippen molar-refractivity contribution in [3.63, 3.8) is 0 Å². The average molecular weight is 427 g/mol. The van der Waals surface area contributed by atoms with Gasteiger partial charge in [0.25, 0.3) is 5.91 Å².